The maximum absolute atomic E-state index is 12.8. The summed E-state index contributed by atoms with van der Waals surface area (Å²) < 4.78 is 6.62. The monoisotopic (exact) mass is 382 g/mol. The number of carbonyl (C=O) groups is 1. The van der Waals surface area contributed by atoms with E-state index in [-0.39, 0.29) is 30.7 Å². The van der Waals surface area contributed by atoms with Crippen LogP contribution in [-0.2, 0) is 29.1 Å². The fourth-order valence-electron chi connectivity index (χ4n) is 4.16. The molecule has 0 unspecified atom stereocenters. The highest BCUT2D eigenvalue weighted by atomic mass is 16.5. The molecule has 0 spiro atoms. The second-order valence-corrected chi connectivity index (χ2v) is 7.46. The molecule has 1 atom stereocenters. The highest BCUT2D eigenvalue weighted by molar-refractivity contribution is 5.77. The van der Waals surface area contributed by atoms with Crippen LogP contribution in [0.4, 0.5) is 5.95 Å². The molecule has 7 nitrogen and oxygen atoms in total. The molecule has 0 bridgehead atoms. The molecule has 1 aromatic carbocycles. The molecular weight excluding hydrogens is 356 g/mol. The van der Waals surface area contributed by atoms with Crippen LogP contribution in [0.1, 0.15) is 42.1 Å². The Morgan fingerprint density at radius 3 is 2.86 bits per heavy atom. The molecule has 1 N–H and O–H groups in total. The lowest BCUT2D eigenvalue weighted by Crippen LogP contribution is -2.37. The number of rotatable bonds is 6. The van der Waals surface area contributed by atoms with Gasteiger partial charge in [-0.25, -0.2) is 4.98 Å². The van der Waals surface area contributed by atoms with Gasteiger partial charge in [-0.05, 0) is 36.8 Å². The third-order valence-corrected chi connectivity index (χ3v) is 5.49. The molecule has 1 aliphatic carbocycles. The summed E-state index contributed by atoms with van der Waals surface area (Å²) in [7, 11) is 1.58. The number of benzene rings is 1. The lowest BCUT2D eigenvalue weighted by molar-refractivity contribution is -0.122. The van der Waals surface area contributed by atoms with E-state index in [1.165, 1.54) is 21.8 Å². The van der Waals surface area contributed by atoms with Gasteiger partial charge in [0.1, 0.15) is 6.54 Å². The minimum atomic E-state index is -0.217. The Kier molecular flexibility index (Phi) is 5.43. The number of aryl methyl sites for hydroxylation is 1. The van der Waals surface area contributed by atoms with Crippen molar-refractivity contribution in [2.45, 2.75) is 44.9 Å². The maximum Gasteiger partial charge on any atom is 0.255 e. The Morgan fingerprint density at radius 2 is 2.07 bits per heavy atom. The zero-order chi connectivity index (χ0) is 19.5. The summed E-state index contributed by atoms with van der Waals surface area (Å²) in [6.45, 7) is 1.95. The van der Waals surface area contributed by atoms with Crippen LogP contribution in [0.5, 0.6) is 0 Å². The van der Waals surface area contributed by atoms with Crippen molar-refractivity contribution in [1.82, 2.24) is 14.9 Å². The first-order valence-electron chi connectivity index (χ1n) is 9.87. The van der Waals surface area contributed by atoms with Crippen LogP contribution in [-0.4, -0.2) is 35.7 Å². The van der Waals surface area contributed by atoms with E-state index in [2.05, 4.69) is 27.3 Å². The van der Waals surface area contributed by atoms with E-state index in [4.69, 9.17) is 4.74 Å². The minimum absolute atomic E-state index is 0.00959. The summed E-state index contributed by atoms with van der Waals surface area (Å²) in [5.41, 5.74) is 2.84. The molecule has 4 rings (SSSR count). The third kappa shape index (κ3) is 3.80. The molecule has 1 aliphatic heterocycles. The summed E-state index contributed by atoms with van der Waals surface area (Å²) in [5, 5.41) is 3.10. The smallest absolute Gasteiger partial charge is 0.255 e. The van der Waals surface area contributed by atoms with Crippen LogP contribution in [0.15, 0.2) is 35.1 Å². The molecule has 148 valence electrons. The quantitative estimate of drug-likeness (QED) is 0.824. The second-order valence-electron chi connectivity index (χ2n) is 7.46. The van der Waals surface area contributed by atoms with Gasteiger partial charge in [-0.3, -0.25) is 14.2 Å². The molecule has 2 aliphatic rings. The van der Waals surface area contributed by atoms with E-state index in [1.54, 1.807) is 7.11 Å². The Bertz CT molecular complexity index is 918. The summed E-state index contributed by atoms with van der Waals surface area (Å²) in [5.74, 6) is 0.407. The Labute approximate surface area is 164 Å². The Morgan fingerprint density at radius 1 is 1.29 bits per heavy atom. The van der Waals surface area contributed by atoms with Crippen molar-refractivity contribution in [2.24, 2.45) is 0 Å². The van der Waals surface area contributed by atoms with Crippen LogP contribution < -0.4 is 15.8 Å². The normalized spacial score (nSPS) is 18.3. The Hall–Kier alpha value is -2.67. The highest BCUT2D eigenvalue weighted by Gasteiger charge is 2.25. The molecule has 1 saturated heterocycles. The van der Waals surface area contributed by atoms with E-state index in [1.807, 2.05) is 12.1 Å². The van der Waals surface area contributed by atoms with Crippen molar-refractivity contribution >= 4 is 11.9 Å². The Balaban J connectivity index is 1.55. The van der Waals surface area contributed by atoms with E-state index < -0.39 is 0 Å². The minimum Gasteiger partial charge on any atom is -0.378 e. The van der Waals surface area contributed by atoms with Crippen molar-refractivity contribution in [2.75, 3.05) is 25.1 Å². The molecule has 28 heavy (non-hydrogen) atoms. The number of hydrogen-bond acceptors (Lipinski definition) is 5. The van der Waals surface area contributed by atoms with Gasteiger partial charge in [0.05, 0.1) is 18.3 Å². The number of hydrogen-bond donors (Lipinski definition) is 1. The number of amides is 1. The fraction of sp³-hybridized carbons (Fsp3) is 0.476. The molecule has 7 heteroatoms. The molecule has 0 radical (unpaired) electrons. The van der Waals surface area contributed by atoms with Gasteiger partial charge in [-0.15, -0.1) is 0 Å². The summed E-state index contributed by atoms with van der Waals surface area (Å²) >= 11 is 0. The fourth-order valence-corrected chi connectivity index (χ4v) is 4.16. The van der Waals surface area contributed by atoms with Crippen LogP contribution in [0.25, 0.3) is 0 Å². The molecule has 1 fully saturated rings. The van der Waals surface area contributed by atoms with Crippen molar-refractivity contribution in [1.29, 1.82) is 0 Å². The molecule has 0 saturated carbocycles. The largest absolute Gasteiger partial charge is 0.378 e. The summed E-state index contributed by atoms with van der Waals surface area (Å²) in [6.07, 6.45) is 3.99. The lowest BCUT2D eigenvalue weighted by Gasteiger charge is -2.22. The lowest BCUT2D eigenvalue weighted by atomic mass is 10.1. The maximum atomic E-state index is 12.8. The number of nitrogens with zero attached hydrogens (tertiary/aromatic N) is 3. The number of anilines is 1. The average Bonchev–Trinajstić information content (AvgIpc) is 3.35. The van der Waals surface area contributed by atoms with E-state index in [0.29, 0.717) is 11.6 Å². The standard InChI is InChI=1S/C21H26N4O3/c1-28-14-16-12-20(27)25(21(22-16)24-10-4-5-11-24)13-19(26)23-18-9-8-15-6-2-3-7-17(15)18/h2-3,6-7,12,18H,4-5,8-11,13-14H2,1H3,(H,23,26)/t18-/m0/s1. The third-order valence-electron chi connectivity index (χ3n) is 5.49. The first kappa shape index (κ1) is 18.7. The topological polar surface area (TPSA) is 76.5 Å². The van der Waals surface area contributed by atoms with Crippen molar-refractivity contribution in [3.8, 4) is 0 Å². The predicted molar refractivity (Wildman–Crippen MR) is 106 cm³/mol. The van der Waals surface area contributed by atoms with Crippen LogP contribution in [0.2, 0.25) is 0 Å². The van der Waals surface area contributed by atoms with E-state index in [9.17, 15) is 9.59 Å². The van der Waals surface area contributed by atoms with Gasteiger partial charge in [0.2, 0.25) is 11.9 Å². The van der Waals surface area contributed by atoms with Gasteiger partial charge in [-0.1, -0.05) is 24.3 Å². The SMILES string of the molecule is COCc1cc(=O)n(CC(=O)N[C@H]2CCc3ccccc32)c(N2CCCC2)n1. The van der Waals surface area contributed by atoms with E-state index >= 15 is 0 Å². The number of nitrogens with one attached hydrogen (secondary N) is 1. The van der Waals surface area contributed by atoms with Gasteiger partial charge in [-0.2, -0.15) is 0 Å². The van der Waals surface area contributed by atoms with Crippen molar-refractivity contribution in [3.05, 3.63) is 57.5 Å². The van der Waals surface area contributed by atoms with Crippen LogP contribution in [0, 0.1) is 0 Å². The second kappa shape index (κ2) is 8.14. The molecule has 1 amide bonds. The summed E-state index contributed by atoms with van der Waals surface area (Å²) in [4.78, 5) is 32.2. The number of aromatic nitrogens is 2. The van der Waals surface area contributed by atoms with Gasteiger partial charge in [0, 0.05) is 26.3 Å². The van der Waals surface area contributed by atoms with Gasteiger partial charge in [0.15, 0.2) is 0 Å². The van der Waals surface area contributed by atoms with Crippen LogP contribution >= 0.6 is 0 Å². The zero-order valence-corrected chi connectivity index (χ0v) is 16.2. The van der Waals surface area contributed by atoms with Gasteiger partial charge in [0.25, 0.3) is 5.56 Å². The van der Waals surface area contributed by atoms with Crippen molar-refractivity contribution < 1.29 is 9.53 Å². The average molecular weight is 382 g/mol. The predicted octanol–water partition coefficient (Wildman–Crippen LogP) is 1.79. The van der Waals surface area contributed by atoms with Crippen molar-refractivity contribution in [3.63, 3.8) is 0 Å². The molecule has 1 aromatic heterocycles. The van der Waals surface area contributed by atoms with E-state index in [0.717, 1.165) is 38.8 Å². The van der Waals surface area contributed by atoms with Gasteiger partial charge >= 0.3 is 0 Å². The first-order valence-corrected chi connectivity index (χ1v) is 9.87. The van der Waals surface area contributed by atoms with Crippen LogP contribution in [0.3, 0.4) is 0 Å². The highest BCUT2D eigenvalue weighted by Crippen LogP contribution is 2.30. The first-order chi connectivity index (χ1) is 13.7. The number of carbonyl (C=O) groups excluding carboxylic acids is 1. The number of fused-ring (bicyclic) bond motifs is 1. The molecular formula is C21H26N4O3. The number of ether oxygens (including phenoxy) is 1. The molecule has 2 heterocycles. The van der Waals surface area contributed by atoms with Gasteiger partial charge < -0.3 is 15.0 Å². The number of methoxy groups -OCH3 is 1. The zero-order valence-electron chi connectivity index (χ0n) is 16.2. The summed E-state index contributed by atoms with van der Waals surface area (Å²) in [6, 6.07) is 9.67. The molecule has 2 aromatic rings.